The van der Waals surface area contributed by atoms with Crippen molar-refractivity contribution in [2.45, 2.75) is 51.0 Å². The molecule has 2 rings (SSSR count). The van der Waals surface area contributed by atoms with Gasteiger partial charge in [0.05, 0.1) is 12.5 Å². The number of hydrogen-bond acceptors (Lipinski definition) is 5. The molecule has 0 saturated carbocycles. The molecule has 0 N–H and O–H groups in total. The summed E-state index contributed by atoms with van der Waals surface area (Å²) in [6, 6.07) is 0. The van der Waals surface area contributed by atoms with Gasteiger partial charge in [0.1, 0.15) is 5.60 Å². The van der Waals surface area contributed by atoms with E-state index in [9.17, 15) is 0 Å². The van der Waals surface area contributed by atoms with Gasteiger partial charge in [-0.15, -0.1) is 0 Å². The van der Waals surface area contributed by atoms with Crippen LogP contribution in [-0.2, 0) is 15.1 Å². The van der Waals surface area contributed by atoms with E-state index in [1.54, 1.807) is 7.11 Å². The van der Waals surface area contributed by atoms with E-state index in [0.29, 0.717) is 18.3 Å². The van der Waals surface area contributed by atoms with Crippen molar-refractivity contribution in [3.8, 4) is 0 Å². The summed E-state index contributed by atoms with van der Waals surface area (Å²) in [7, 11) is 1.70. The molecule has 102 valence electrons. The van der Waals surface area contributed by atoms with Crippen LogP contribution in [0, 0.1) is 0 Å². The molecule has 0 bridgehead atoms. The SMILES string of the molecule is CCC(CC)(OC)c1noc(C2CCCOC2)n1. The van der Waals surface area contributed by atoms with Gasteiger partial charge in [0.25, 0.3) is 0 Å². The van der Waals surface area contributed by atoms with Crippen LogP contribution >= 0.6 is 0 Å². The van der Waals surface area contributed by atoms with Gasteiger partial charge in [-0.05, 0) is 25.7 Å². The smallest absolute Gasteiger partial charge is 0.232 e. The predicted molar refractivity (Wildman–Crippen MR) is 66.4 cm³/mol. The Bertz CT molecular complexity index is 360. The Labute approximate surface area is 108 Å². The predicted octanol–water partition coefficient (Wildman–Crippen LogP) is 2.63. The first-order chi connectivity index (χ1) is 8.75. The zero-order valence-electron chi connectivity index (χ0n) is 11.4. The summed E-state index contributed by atoms with van der Waals surface area (Å²) < 4.78 is 16.5. The highest BCUT2D eigenvalue weighted by atomic mass is 16.5. The number of rotatable bonds is 5. The largest absolute Gasteiger partial charge is 0.381 e. The van der Waals surface area contributed by atoms with Crippen molar-refractivity contribution in [1.82, 2.24) is 10.1 Å². The summed E-state index contributed by atoms with van der Waals surface area (Å²) in [5, 5.41) is 4.11. The molecule has 1 atom stereocenters. The molecule has 0 amide bonds. The van der Waals surface area contributed by atoms with E-state index in [1.165, 1.54) is 0 Å². The molecule has 1 saturated heterocycles. The maximum Gasteiger partial charge on any atom is 0.232 e. The molecule has 1 aliphatic heterocycles. The first-order valence-corrected chi connectivity index (χ1v) is 6.72. The lowest BCUT2D eigenvalue weighted by molar-refractivity contribution is -0.0306. The Hall–Kier alpha value is -0.940. The second-order valence-corrected chi connectivity index (χ2v) is 4.78. The molecule has 5 nitrogen and oxygen atoms in total. The maximum absolute atomic E-state index is 5.61. The molecule has 1 aromatic rings. The van der Waals surface area contributed by atoms with E-state index in [-0.39, 0.29) is 5.92 Å². The second-order valence-electron chi connectivity index (χ2n) is 4.78. The molecule has 5 heteroatoms. The highest BCUT2D eigenvalue weighted by molar-refractivity contribution is 5.03. The Kier molecular flexibility index (Phi) is 4.35. The Morgan fingerprint density at radius 1 is 1.39 bits per heavy atom. The lowest BCUT2D eigenvalue weighted by Crippen LogP contribution is -2.28. The molecule has 1 aliphatic rings. The minimum Gasteiger partial charge on any atom is -0.381 e. The Balaban J connectivity index is 2.18. The standard InChI is InChI=1S/C13H22N2O3/c1-4-13(5-2,16-3)12-14-11(18-15-12)10-7-6-8-17-9-10/h10H,4-9H2,1-3H3. The van der Waals surface area contributed by atoms with Crippen LogP contribution in [0.25, 0.3) is 0 Å². The van der Waals surface area contributed by atoms with Crippen molar-refractivity contribution in [2.24, 2.45) is 0 Å². The highest BCUT2D eigenvalue weighted by Crippen LogP contribution is 2.32. The third kappa shape index (κ3) is 2.42. The normalized spacial score (nSPS) is 21.2. The minimum absolute atomic E-state index is 0.239. The lowest BCUT2D eigenvalue weighted by Gasteiger charge is -2.26. The zero-order valence-corrected chi connectivity index (χ0v) is 11.4. The fraction of sp³-hybridized carbons (Fsp3) is 0.846. The molecule has 1 fully saturated rings. The molecule has 0 spiro atoms. The van der Waals surface area contributed by atoms with Crippen LogP contribution in [0.2, 0.25) is 0 Å². The van der Waals surface area contributed by atoms with Crippen molar-refractivity contribution in [3.05, 3.63) is 11.7 Å². The van der Waals surface area contributed by atoms with Gasteiger partial charge in [-0.1, -0.05) is 19.0 Å². The third-order valence-electron chi connectivity index (χ3n) is 3.89. The van der Waals surface area contributed by atoms with E-state index >= 15 is 0 Å². The fourth-order valence-electron chi connectivity index (χ4n) is 2.47. The molecular weight excluding hydrogens is 232 g/mol. The zero-order chi connectivity index (χ0) is 13.0. The van der Waals surface area contributed by atoms with E-state index in [0.717, 1.165) is 32.3 Å². The first-order valence-electron chi connectivity index (χ1n) is 6.72. The van der Waals surface area contributed by atoms with E-state index in [1.807, 2.05) is 0 Å². The van der Waals surface area contributed by atoms with Crippen LogP contribution in [0.4, 0.5) is 0 Å². The summed E-state index contributed by atoms with van der Waals surface area (Å²) >= 11 is 0. The van der Waals surface area contributed by atoms with Crippen molar-refractivity contribution < 1.29 is 14.0 Å². The molecular formula is C13H22N2O3. The van der Waals surface area contributed by atoms with Crippen LogP contribution in [0.5, 0.6) is 0 Å². The van der Waals surface area contributed by atoms with Crippen LogP contribution in [-0.4, -0.2) is 30.5 Å². The number of methoxy groups -OCH3 is 1. The van der Waals surface area contributed by atoms with Gasteiger partial charge in [0, 0.05) is 13.7 Å². The topological polar surface area (TPSA) is 57.4 Å². The lowest BCUT2D eigenvalue weighted by atomic mass is 9.96. The van der Waals surface area contributed by atoms with Gasteiger partial charge < -0.3 is 14.0 Å². The summed E-state index contributed by atoms with van der Waals surface area (Å²) in [6.07, 6.45) is 3.78. The first kappa shape index (κ1) is 13.5. The van der Waals surface area contributed by atoms with Crippen molar-refractivity contribution in [1.29, 1.82) is 0 Å². The van der Waals surface area contributed by atoms with Crippen molar-refractivity contribution in [2.75, 3.05) is 20.3 Å². The summed E-state index contributed by atoms with van der Waals surface area (Å²) in [5.74, 6) is 1.59. The number of nitrogens with zero attached hydrogens (tertiary/aromatic N) is 2. The average Bonchev–Trinajstić information content (AvgIpc) is 2.93. The van der Waals surface area contributed by atoms with Gasteiger partial charge in [0.15, 0.2) is 0 Å². The third-order valence-corrected chi connectivity index (χ3v) is 3.89. The molecule has 18 heavy (non-hydrogen) atoms. The number of ether oxygens (including phenoxy) is 2. The van der Waals surface area contributed by atoms with Crippen molar-refractivity contribution in [3.63, 3.8) is 0 Å². The Morgan fingerprint density at radius 3 is 2.72 bits per heavy atom. The van der Waals surface area contributed by atoms with Gasteiger partial charge in [-0.2, -0.15) is 4.98 Å². The van der Waals surface area contributed by atoms with Crippen LogP contribution in [0.15, 0.2) is 4.52 Å². The van der Waals surface area contributed by atoms with Crippen LogP contribution in [0.3, 0.4) is 0 Å². The summed E-state index contributed by atoms with van der Waals surface area (Å²) in [4.78, 5) is 4.54. The van der Waals surface area contributed by atoms with Crippen molar-refractivity contribution >= 4 is 0 Å². The second kappa shape index (κ2) is 5.80. The molecule has 1 aromatic heterocycles. The maximum atomic E-state index is 5.61. The monoisotopic (exact) mass is 254 g/mol. The number of hydrogen-bond donors (Lipinski definition) is 0. The van der Waals surface area contributed by atoms with Gasteiger partial charge >= 0.3 is 0 Å². The molecule has 0 aliphatic carbocycles. The molecule has 0 radical (unpaired) electrons. The van der Waals surface area contributed by atoms with Gasteiger partial charge in [0.2, 0.25) is 11.7 Å². The van der Waals surface area contributed by atoms with Crippen LogP contribution < -0.4 is 0 Å². The molecule has 1 unspecified atom stereocenters. The van der Waals surface area contributed by atoms with E-state index in [2.05, 4.69) is 24.0 Å². The van der Waals surface area contributed by atoms with Crippen LogP contribution in [0.1, 0.15) is 57.2 Å². The van der Waals surface area contributed by atoms with E-state index in [4.69, 9.17) is 14.0 Å². The average molecular weight is 254 g/mol. The van der Waals surface area contributed by atoms with Gasteiger partial charge in [-0.25, -0.2) is 0 Å². The minimum atomic E-state index is -0.419. The summed E-state index contributed by atoms with van der Waals surface area (Å²) in [5.41, 5.74) is -0.419. The fourth-order valence-corrected chi connectivity index (χ4v) is 2.47. The van der Waals surface area contributed by atoms with Gasteiger partial charge in [-0.3, -0.25) is 0 Å². The quantitative estimate of drug-likeness (QED) is 0.808. The number of aromatic nitrogens is 2. The summed E-state index contributed by atoms with van der Waals surface area (Å²) in [6.45, 7) is 5.67. The van der Waals surface area contributed by atoms with E-state index < -0.39 is 5.60 Å². The Morgan fingerprint density at radius 2 is 2.17 bits per heavy atom. The highest BCUT2D eigenvalue weighted by Gasteiger charge is 2.35. The molecule has 0 aromatic carbocycles. The molecule has 2 heterocycles.